The molecular weight excluding hydrogens is 199 g/mol. The summed E-state index contributed by atoms with van der Waals surface area (Å²) < 4.78 is 17.2. The maximum atomic E-state index is 12.7. The van der Waals surface area contributed by atoms with E-state index >= 15 is 0 Å². The van der Waals surface area contributed by atoms with Gasteiger partial charge in [-0.25, -0.2) is 9.18 Å². The molecule has 0 N–H and O–H groups in total. The van der Waals surface area contributed by atoms with E-state index in [2.05, 4.69) is 11.3 Å². The molecule has 15 heavy (non-hydrogen) atoms. The van der Waals surface area contributed by atoms with Crippen LogP contribution in [0.1, 0.15) is 10.4 Å². The minimum Gasteiger partial charge on any atom is -0.455 e. The molecule has 0 spiro atoms. The lowest BCUT2D eigenvalue weighted by atomic mass is 10.1. The first-order valence-electron chi connectivity index (χ1n) is 4.23. The van der Waals surface area contributed by atoms with Crippen molar-refractivity contribution in [2.24, 2.45) is 0 Å². The van der Waals surface area contributed by atoms with Crippen LogP contribution in [0.4, 0.5) is 4.39 Å². The molecule has 0 aliphatic rings. The summed E-state index contributed by atoms with van der Waals surface area (Å²) in [5, 5.41) is 0. The summed E-state index contributed by atoms with van der Waals surface area (Å²) in [6, 6.07) is 4.87. The van der Waals surface area contributed by atoms with Crippen molar-refractivity contribution in [3.8, 4) is 0 Å². The zero-order valence-corrected chi connectivity index (χ0v) is 7.90. The molecular formula is C11H9FO3. The lowest BCUT2D eigenvalue weighted by Crippen LogP contribution is -2.17. The van der Waals surface area contributed by atoms with Crippen molar-refractivity contribution in [2.75, 3.05) is 6.61 Å². The highest BCUT2D eigenvalue weighted by Crippen LogP contribution is 2.05. The predicted octanol–water partition coefficient (Wildman–Crippen LogP) is 1.74. The number of halogens is 1. The summed E-state index contributed by atoms with van der Waals surface area (Å²) in [6.07, 6.45) is 1.34. The topological polar surface area (TPSA) is 43.4 Å². The molecule has 0 saturated carbocycles. The average Bonchev–Trinajstić information content (AvgIpc) is 2.24. The number of hydrogen-bond donors (Lipinski definition) is 0. The van der Waals surface area contributed by atoms with Gasteiger partial charge in [-0.05, 0) is 12.1 Å². The molecule has 0 aliphatic heterocycles. The highest BCUT2D eigenvalue weighted by Gasteiger charge is 2.17. The number of benzene rings is 1. The Bertz CT molecular complexity index is 399. The summed E-state index contributed by atoms with van der Waals surface area (Å²) in [5.41, 5.74) is -0.0240. The van der Waals surface area contributed by atoms with Gasteiger partial charge in [-0.3, -0.25) is 4.79 Å². The Morgan fingerprint density at radius 1 is 1.47 bits per heavy atom. The summed E-state index contributed by atoms with van der Waals surface area (Å²) in [7, 11) is 0. The quantitative estimate of drug-likeness (QED) is 0.327. The lowest BCUT2D eigenvalue weighted by Gasteiger charge is -2.00. The molecule has 0 fully saturated rings. The normalized spacial score (nSPS) is 9.40. The summed E-state index contributed by atoms with van der Waals surface area (Å²) in [4.78, 5) is 22.4. The number of carbonyl (C=O) groups excluding carboxylic acids is 2. The number of Topliss-reactive ketones (excluding diaryl/α,β-unsaturated/α-hetero) is 1. The van der Waals surface area contributed by atoms with E-state index in [1.165, 1.54) is 24.3 Å². The molecule has 0 radical (unpaired) electrons. The second-order valence-corrected chi connectivity index (χ2v) is 2.73. The third-order valence-electron chi connectivity index (χ3n) is 1.60. The van der Waals surface area contributed by atoms with Gasteiger partial charge in [0.25, 0.3) is 5.78 Å². The van der Waals surface area contributed by atoms with Crippen LogP contribution in [-0.4, -0.2) is 18.4 Å². The Balaban J connectivity index is 2.76. The first-order chi connectivity index (χ1) is 7.15. The predicted molar refractivity (Wildman–Crippen MR) is 51.9 cm³/mol. The van der Waals surface area contributed by atoms with Gasteiger partial charge in [-0.15, -0.1) is 0 Å². The molecule has 1 aromatic rings. The van der Waals surface area contributed by atoms with Crippen molar-refractivity contribution >= 4 is 11.8 Å². The number of ether oxygens (including phenoxy) is 1. The number of rotatable bonds is 4. The van der Waals surface area contributed by atoms with Gasteiger partial charge in [0.05, 0.1) is 0 Å². The molecule has 0 amide bonds. The average molecular weight is 208 g/mol. The van der Waals surface area contributed by atoms with E-state index in [0.29, 0.717) is 0 Å². The maximum Gasteiger partial charge on any atom is 0.379 e. The molecule has 1 rings (SSSR count). The molecule has 0 aliphatic carbocycles. The fourth-order valence-corrected chi connectivity index (χ4v) is 0.948. The SMILES string of the molecule is C=CCOC(=O)C(=O)c1cccc(F)c1. The first-order valence-corrected chi connectivity index (χ1v) is 4.23. The molecule has 0 unspecified atom stereocenters. The lowest BCUT2D eigenvalue weighted by molar-refractivity contribution is -0.136. The first kappa shape index (κ1) is 11.1. The molecule has 1 aromatic carbocycles. The molecule has 78 valence electrons. The van der Waals surface area contributed by atoms with Crippen molar-refractivity contribution < 1.29 is 18.7 Å². The van der Waals surface area contributed by atoms with E-state index in [4.69, 9.17) is 0 Å². The summed E-state index contributed by atoms with van der Waals surface area (Å²) in [6.45, 7) is 3.29. The Hall–Kier alpha value is -1.97. The van der Waals surface area contributed by atoms with Crippen molar-refractivity contribution in [3.63, 3.8) is 0 Å². The van der Waals surface area contributed by atoms with Gasteiger partial charge in [0.1, 0.15) is 12.4 Å². The monoisotopic (exact) mass is 208 g/mol. The van der Waals surface area contributed by atoms with Crippen molar-refractivity contribution in [1.29, 1.82) is 0 Å². The fraction of sp³-hybridized carbons (Fsp3) is 0.0909. The summed E-state index contributed by atoms with van der Waals surface area (Å²) >= 11 is 0. The number of hydrogen-bond acceptors (Lipinski definition) is 3. The Labute approximate surface area is 86.2 Å². The van der Waals surface area contributed by atoms with E-state index in [1.807, 2.05) is 0 Å². The van der Waals surface area contributed by atoms with Crippen molar-refractivity contribution in [1.82, 2.24) is 0 Å². The standard InChI is InChI=1S/C11H9FO3/c1-2-6-15-11(14)10(13)8-4-3-5-9(12)7-8/h2-5,7H,1,6H2. The zero-order valence-electron chi connectivity index (χ0n) is 7.90. The van der Waals surface area contributed by atoms with Gasteiger partial charge in [-0.2, -0.15) is 0 Å². The molecule has 0 saturated heterocycles. The van der Waals surface area contributed by atoms with Gasteiger partial charge in [0, 0.05) is 5.56 Å². The summed E-state index contributed by atoms with van der Waals surface area (Å²) in [5.74, 6) is -2.45. The zero-order chi connectivity index (χ0) is 11.3. The van der Waals surface area contributed by atoms with Crippen LogP contribution in [0.15, 0.2) is 36.9 Å². The van der Waals surface area contributed by atoms with Crippen molar-refractivity contribution in [2.45, 2.75) is 0 Å². The molecule has 3 nitrogen and oxygen atoms in total. The number of esters is 1. The van der Waals surface area contributed by atoms with E-state index in [9.17, 15) is 14.0 Å². The van der Waals surface area contributed by atoms with E-state index < -0.39 is 17.6 Å². The van der Waals surface area contributed by atoms with Gasteiger partial charge in [0.2, 0.25) is 0 Å². The Morgan fingerprint density at radius 3 is 2.80 bits per heavy atom. The highest BCUT2D eigenvalue weighted by molar-refractivity contribution is 6.40. The van der Waals surface area contributed by atoms with Gasteiger partial charge in [-0.1, -0.05) is 24.8 Å². The molecule has 0 heterocycles. The molecule has 0 aromatic heterocycles. The second-order valence-electron chi connectivity index (χ2n) is 2.73. The van der Waals surface area contributed by atoms with Crippen LogP contribution in [0.25, 0.3) is 0 Å². The van der Waals surface area contributed by atoms with E-state index in [1.54, 1.807) is 0 Å². The van der Waals surface area contributed by atoms with Crippen LogP contribution in [-0.2, 0) is 9.53 Å². The van der Waals surface area contributed by atoms with Gasteiger partial charge >= 0.3 is 5.97 Å². The number of carbonyl (C=O) groups is 2. The van der Waals surface area contributed by atoms with Crippen molar-refractivity contribution in [3.05, 3.63) is 48.3 Å². The smallest absolute Gasteiger partial charge is 0.379 e. The van der Waals surface area contributed by atoms with E-state index in [0.717, 1.165) is 6.07 Å². The molecule has 0 atom stereocenters. The van der Waals surface area contributed by atoms with Gasteiger partial charge in [0.15, 0.2) is 0 Å². The molecule has 0 bridgehead atoms. The third-order valence-corrected chi connectivity index (χ3v) is 1.60. The van der Waals surface area contributed by atoms with Crippen LogP contribution in [0.5, 0.6) is 0 Å². The Kier molecular flexibility index (Phi) is 3.74. The van der Waals surface area contributed by atoms with Crippen LogP contribution in [0.3, 0.4) is 0 Å². The third kappa shape index (κ3) is 3.02. The van der Waals surface area contributed by atoms with Crippen LogP contribution < -0.4 is 0 Å². The largest absolute Gasteiger partial charge is 0.455 e. The van der Waals surface area contributed by atoms with Gasteiger partial charge < -0.3 is 4.74 Å². The Morgan fingerprint density at radius 2 is 2.20 bits per heavy atom. The highest BCUT2D eigenvalue weighted by atomic mass is 19.1. The minimum absolute atomic E-state index is 0.0240. The van der Waals surface area contributed by atoms with Crippen LogP contribution in [0, 0.1) is 5.82 Å². The fourth-order valence-electron chi connectivity index (χ4n) is 0.948. The molecule has 4 heteroatoms. The van der Waals surface area contributed by atoms with Crippen LogP contribution in [0.2, 0.25) is 0 Å². The number of ketones is 1. The van der Waals surface area contributed by atoms with Crippen LogP contribution >= 0.6 is 0 Å². The maximum absolute atomic E-state index is 12.7. The second kappa shape index (κ2) is 5.05. The minimum atomic E-state index is -1.01. The van der Waals surface area contributed by atoms with E-state index in [-0.39, 0.29) is 12.2 Å².